The molecule has 0 unspecified atom stereocenters. The number of carbonyl (C=O) groups excluding carboxylic acids is 1. The highest BCUT2D eigenvalue weighted by atomic mass is 16.5. The van der Waals surface area contributed by atoms with Gasteiger partial charge in [-0.25, -0.2) is 0 Å². The Labute approximate surface area is 150 Å². The van der Waals surface area contributed by atoms with Crippen LogP contribution in [-0.4, -0.2) is 67.8 Å². The van der Waals surface area contributed by atoms with E-state index in [9.17, 15) is 4.79 Å². The van der Waals surface area contributed by atoms with Crippen molar-refractivity contribution in [3.63, 3.8) is 0 Å². The fraction of sp³-hybridized carbons (Fsp3) is 0.650. The molecule has 1 aromatic rings. The molecule has 2 heterocycles. The molecule has 5 heteroatoms. The van der Waals surface area contributed by atoms with Crippen molar-refractivity contribution in [2.75, 3.05) is 40.4 Å². The summed E-state index contributed by atoms with van der Waals surface area (Å²) in [7, 11) is 3.52. The summed E-state index contributed by atoms with van der Waals surface area (Å²) in [6.07, 6.45) is 1.89. The fourth-order valence-corrected chi connectivity index (χ4v) is 3.76. The first-order chi connectivity index (χ1) is 11.9. The van der Waals surface area contributed by atoms with E-state index < -0.39 is 0 Å². The van der Waals surface area contributed by atoms with Gasteiger partial charge >= 0.3 is 0 Å². The van der Waals surface area contributed by atoms with Crippen molar-refractivity contribution in [3.05, 3.63) is 34.9 Å². The van der Waals surface area contributed by atoms with Gasteiger partial charge in [-0.15, -0.1) is 0 Å². The van der Waals surface area contributed by atoms with E-state index in [1.54, 1.807) is 19.0 Å². The number of rotatable bonds is 5. The number of nitrogens with zero attached hydrogens (tertiary/aromatic N) is 2. The molecule has 138 valence electrons. The quantitative estimate of drug-likeness (QED) is 0.819. The highest BCUT2D eigenvalue weighted by molar-refractivity contribution is 5.76. The molecule has 1 amide bonds. The summed E-state index contributed by atoms with van der Waals surface area (Å²) in [6, 6.07) is 6.64. The topological polar surface area (TPSA) is 42.0 Å². The van der Waals surface area contributed by atoms with Crippen LogP contribution in [0.2, 0.25) is 0 Å². The van der Waals surface area contributed by atoms with E-state index in [0.717, 1.165) is 39.1 Å². The Balaban J connectivity index is 1.50. The predicted octanol–water partition coefficient (Wildman–Crippen LogP) is 2.14. The molecule has 2 saturated heterocycles. The second kappa shape index (κ2) is 7.44. The second-order valence-electron chi connectivity index (χ2n) is 7.82. The maximum absolute atomic E-state index is 11.7. The van der Waals surface area contributed by atoms with Gasteiger partial charge in [-0.05, 0) is 31.4 Å². The highest BCUT2D eigenvalue weighted by Crippen LogP contribution is 2.36. The van der Waals surface area contributed by atoms with Gasteiger partial charge in [0, 0.05) is 46.8 Å². The molecule has 1 spiro atoms. The van der Waals surface area contributed by atoms with Crippen molar-refractivity contribution in [1.82, 2.24) is 9.80 Å². The molecule has 3 rings (SSSR count). The molecule has 0 aromatic heterocycles. The Hall–Kier alpha value is -1.43. The first-order valence-electron chi connectivity index (χ1n) is 9.11. The summed E-state index contributed by atoms with van der Waals surface area (Å²) in [5.41, 5.74) is 3.97. The average molecular weight is 346 g/mol. The van der Waals surface area contributed by atoms with E-state index in [2.05, 4.69) is 36.9 Å². The Kier molecular flexibility index (Phi) is 5.46. The largest absolute Gasteiger partial charge is 0.372 e. The van der Waals surface area contributed by atoms with Crippen LogP contribution in [0.15, 0.2) is 18.2 Å². The third kappa shape index (κ3) is 4.40. The van der Waals surface area contributed by atoms with E-state index in [4.69, 9.17) is 9.47 Å². The molecule has 5 nitrogen and oxygen atoms in total. The smallest absolute Gasteiger partial charge is 0.248 e. The number of carbonyl (C=O) groups is 1. The molecular formula is C20H30N2O3. The number of benzene rings is 1. The SMILES string of the molecule is Cc1ccc(C)c(CN2CC3(C[C@H](OCC(=O)N(C)C)CCO3)C2)c1. The molecule has 0 bridgehead atoms. The fourth-order valence-electron chi connectivity index (χ4n) is 3.76. The van der Waals surface area contributed by atoms with Gasteiger partial charge in [0.15, 0.2) is 0 Å². The van der Waals surface area contributed by atoms with Crippen molar-refractivity contribution >= 4 is 5.91 Å². The molecule has 1 atom stereocenters. The molecule has 0 N–H and O–H groups in total. The first kappa shape index (κ1) is 18.4. The number of aryl methyl sites for hydroxylation is 2. The average Bonchev–Trinajstić information content (AvgIpc) is 2.54. The van der Waals surface area contributed by atoms with Crippen molar-refractivity contribution in [2.45, 2.75) is 44.9 Å². The van der Waals surface area contributed by atoms with Crippen molar-refractivity contribution in [2.24, 2.45) is 0 Å². The van der Waals surface area contributed by atoms with Gasteiger partial charge in [-0.1, -0.05) is 23.8 Å². The summed E-state index contributed by atoms with van der Waals surface area (Å²) in [4.78, 5) is 15.7. The summed E-state index contributed by atoms with van der Waals surface area (Å²) in [5.74, 6) is 0.0192. The van der Waals surface area contributed by atoms with Crippen molar-refractivity contribution in [3.8, 4) is 0 Å². The zero-order valence-corrected chi connectivity index (χ0v) is 15.9. The molecule has 2 aliphatic heterocycles. The normalized spacial score (nSPS) is 22.6. The number of amides is 1. The van der Waals surface area contributed by atoms with Crippen LogP contribution in [0.25, 0.3) is 0 Å². The minimum Gasteiger partial charge on any atom is -0.372 e. The lowest BCUT2D eigenvalue weighted by atomic mass is 9.84. The standard InChI is InChI=1S/C20H30N2O3/c1-15-5-6-16(2)17(9-15)11-22-13-20(14-22)10-18(7-8-25-20)24-12-19(23)21(3)4/h5-6,9,18H,7-8,10-14H2,1-4H3/t18-/m1/s1. The zero-order valence-electron chi connectivity index (χ0n) is 15.9. The van der Waals surface area contributed by atoms with E-state index in [1.807, 2.05) is 0 Å². The van der Waals surface area contributed by atoms with Crippen LogP contribution >= 0.6 is 0 Å². The lowest BCUT2D eigenvalue weighted by Crippen LogP contribution is -2.65. The predicted molar refractivity (Wildman–Crippen MR) is 97.5 cm³/mol. The third-order valence-corrected chi connectivity index (χ3v) is 5.31. The van der Waals surface area contributed by atoms with Crippen molar-refractivity contribution in [1.29, 1.82) is 0 Å². The number of hydrogen-bond donors (Lipinski definition) is 0. The summed E-state index contributed by atoms with van der Waals surface area (Å²) >= 11 is 0. The molecule has 0 saturated carbocycles. The molecule has 0 radical (unpaired) electrons. The minimum atomic E-state index is -0.0815. The van der Waals surface area contributed by atoms with E-state index in [1.165, 1.54) is 16.7 Å². The first-order valence-corrected chi connectivity index (χ1v) is 9.11. The lowest BCUT2D eigenvalue weighted by molar-refractivity contribution is -0.200. The van der Waals surface area contributed by atoms with Gasteiger partial charge in [0.1, 0.15) is 6.61 Å². The van der Waals surface area contributed by atoms with Gasteiger partial charge in [0.2, 0.25) is 5.91 Å². The molecular weight excluding hydrogens is 316 g/mol. The van der Waals surface area contributed by atoms with Crippen LogP contribution in [0.3, 0.4) is 0 Å². The Bertz CT molecular complexity index is 623. The Morgan fingerprint density at radius 1 is 1.36 bits per heavy atom. The van der Waals surface area contributed by atoms with Crippen LogP contribution in [0.4, 0.5) is 0 Å². The van der Waals surface area contributed by atoms with Gasteiger partial charge in [-0.3, -0.25) is 9.69 Å². The number of hydrogen-bond acceptors (Lipinski definition) is 4. The Morgan fingerprint density at radius 3 is 2.84 bits per heavy atom. The summed E-state index contributed by atoms with van der Waals surface area (Å²) in [6.45, 7) is 8.07. The molecule has 1 aromatic carbocycles. The second-order valence-corrected chi connectivity index (χ2v) is 7.82. The van der Waals surface area contributed by atoms with Crippen LogP contribution in [0, 0.1) is 13.8 Å². The summed E-state index contributed by atoms with van der Waals surface area (Å²) < 4.78 is 11.9. The Morgan fingerprint density at radius 2 is 2.12 bits per heavy atom. The van der Waals surface area contributed by atoms with E-state index >= 15 is 0 Å². The monoisotopic (exact) mass is 346 g/mol. The molecule has 2 fully saturated rings. The maximum atomic E-state index is 11.7. The lowest BCUT2D eigenvalue weighted by Gasteiger charge is -2.53. The zero-order chi connectivity index (χ0) is 18.0. The number of likely N-dealkylation sites (N-methyl/N-ethyl adjacent to an activating group) is 1. The number of likely N-dealkylation sites (tertiary alicyclic amines) is 1. The van der Waals surface area contributed by atoms with Gasteiger partial charge < -0.3 is 14.4 Å². The number of ether oxygens (including phenoxy) is 2. The van der Waals surface area contributed by atoms with Crippen molar-refractivity contribution < 1.29 is 14.3 Å². The van der Waals surface area contributed by atoms with Crippen LogP contribution in [0.1, 0.15) is 29.5 Å². The summed E-state index contributed by atoms with van der Waals surface area (Å²) in [5, 5.41) is 0. The van der Waals surface area contributed by atoms with Crippen LogP contribution < -0.4 is 0 Å². The van der Waals surface area contributed by atoms with E-state index in [0.29, 0.717) is 0 Å². The van der Waals surface area contributed by atoms with Gasteiger partial charge in [0.25, 0.3) is 0 Å². The third-order valence-electron chi connectivity index (χ3n) is 5.31. The molecule has 2 aliphatic rings. The van der Waals surface area contributed by atoms with E-state index in [-0.39, 0.29) is 24.2 Å². The highest BCUT2D eigenvalue weighted by Gasteiger charge is 2.47. The van der Waals surface area contributed by atoms with Gasteiger partial charge in [-0.2, -0.15) is 0 Å². The minimum absolute atomic E-state index is 0.0192. The van der Waals surface area contributed by atoms with Crippen LogP contribution in [-0.2, 0) is 20.8 Å². The van der Waals surface area contributed by atoms with Crippen LogP contribution in [0.5, 0.6) is 0 Å². The molecule has 0 aliphatic carbocycles. The molecule has 25 heavy (non-hydrogen) atoms. The maximum Gasteiger partial charge on any atom is 0.248 e. The van der Waals surface area contributed by atoms with Gasteiger partial charge in [0.05, 0.1) is 11.7 Å².